The Kier molecular flexibility index (Phi) is 4.60. The Morgan fingerprint density at radius 1 is 1.42 bits per heavy atom. The van der Waals surface area contributed by atoms with Gasteiger partial charge in [0.05, 0.1) is 35.1 Å². The highest BCUT2D eigenvalue weighted by atomic mass is 32.2. The predicted octanol–water partition coefficient (Wildman–Crippen LogP) is 3.13. The van der Waals surface area contributed by atoms with Crippen molar-refractivity contribution in [1.82, 2.24) is 0 Å². The van der Waals surface area contributed by atoms with Crippen LogP contribution >= 0.6 is 0 Å². The molecule has 1 saturated carbocycles. The van der Waals surface area contributed by atoms with Gasteiger partial charge in [0.25, 0.3) is 0 Å². The molecular weight excluding hydrogens is 258 g/mol. The zero-order valence-electron chi connectivity index (χ0n) is 11.3. The van der Waals surface area contributed by atoms with Gasteiger partial charge in [0.1, 0.15) is 5.75 Å². The zero-order chi connectivity index (χ0) is 13.8. The summed E-state index contributed by atoms with van der Waals surface area (Å²) < 4.78 is 17.9. The van der Waals surface area contributed by atoms with E-state index in [0.29, 0.717) is 11.7 Å². The minimum absolute atomic E-state index is 0.0548. The molecule has 3 nitrogen and oxygen atoms in total. The van der Waals surface area contributed by atoms with Crippen molar-refractivity contribution in [1.29, 1.82) is 5.26 Å². The summed E-state index contributed by atoms with van der Waals surface area (Å²) in [6.45, 7) is 2.17. The summed E-state index contributed by atoms with van der Waals surface area (Å²) in [6, 6.07) is 9.68. The van der Waals surface area contributed by atoms with Crippen molar-refractivity contribution in [2.75, 3.05) is 7.11 Å². The van der Waals surface area contributed by atoms with Gasteiger partial charge in [0, 0.05) is 4.90 Å². The minimum atomic E-state index is -1.13. The highest BCUT2D eigenvalue weighted by molar-refractivity contribution is 7.85. The Morgan fingerprint density at radius 2 is 2.21 bits per heavy atom. The van der Waals surface area contributed by atoms with Gasteiger partial charge in [0.15, 0.2) is 0 Å². The molecule has 1 aliphatic rings. The predicted molar refractivity (Wildman–Crippen MR) is 75.3 cm³/mol. The van der Waals surface area contributed by atoms with E-state index in [0.717, 1.165) is 24.2 Å². The quantitative estimate of drug-likeness (QED) is 0.853. The first-order chi connectivity index (χ1) is 9.15. The van der Waals surface area contributed by atoms with Crippen molar-refractivity contribution in [2.24, 2.45) is 11.8 Å². The lowest BCUT2D eigenvalue weighted by Gasteiger charge is -2.30. The maximum Gasteiger partial charge on any atom is 0.120 e. The van der Waals surface area contributed by atoms with Crippen molar-refractivity contribution in [2.45, 2.75) is 36.3 Å². The summed E-state index contributed by atoms with van der Waals surface area (Å²) >= 11 is 0. The van der Waals surface area contributed by atoms with Crippen molar-refractivity contribution in [3.05, 3.63) is 24.3 Å². The van der Waals surface area contributed by atoms with Crippen LogP contribution in [0.3, 0.4) is 0 Å². The molecule has 0 radical (unpaired) electrons. The topological polar surface area (TPSA) is 50.1 Å². The van der Waals surface area contributed by atoms with Crippen molar-refractivity contribution < 1.29 is 8.95 Å². The fourth-order valence-corrected chi connectivity index (χ4v) is 4.41. The third-order valence-corrected chi connectivity index (χ3v) is 5.56. The van der Waals surface area contributed by atoms with Crippen LogP contribution in [0.5, 0.6) is 5.75 Å². The third kappa shape index (κ3) is 3.16. The second-order valence-corrected chi connectivity index (χ2v) is 6.84. The highest BCUT2D eigenvalue weighted by Crippen LogP contribution is 2.34. The van der Waals surface area contributed by atoms with E-state index in [1.165, 1.54) is 0 Å². The largest absolute Gasteiger partial charge is 0.497 e. The molecular formula is C15H19NO2S. The SMILES string of the molecule is COc1cccc(S(=O)C2CC(C)CCC2C#N)c1. The van der Waals surface area contributed by atoms with Crippen molar-refractivity contribution >= 4 is 10.8 Å². The molecule has 2 rings (SSSR count). The smallest absolute Gasteiger partial charge is 0.120 e. The van der Waals surface area contributed by atoms with Crippen LogP contribution in [-0.4, -0.2) is 16.6 Å². The fourth-order valence-electron chi connectivity index (χ4n) is 2.61. The average molecular weight is 277 g/mol. The molecule has 4 atom stereocenters. The van der Waals surface area contributed by atoms with Crippen LogP contribution in [0.25, 0.3) is 0 Å². The Morgan fingerprint density at radius 3 is 2.89 bits per heavy atom. The number of benzene rings is 1. The van der Waals surface area contributed by atoms with Gasteiger partial charge in [-0.2, -0.15) is 5.26 Å². The van der Waals surface area contributed by atoms with Crippen LogP contribution < -0.4 is 4.74 Å². The lowest BCUT2D eigenvalue weighted by molar-refractivity contribution is 0.341. The molecule has 0 N–H and O–H groups in total. The molecule has 1 aromatic carbocycles. The van der Waals surface area contributed by atoms with Crippen molar-refractivity contribution in [3.8, 4) is 11.8 Å². The van der Waals surface area contributed by atoms with Gasteiger partial charge in [-0.3, -0.25) is 4.21 Å². The maximum atomic E-state index is 12.7. The molecule has 0 amide bonds. The second-order valence-electron chi connectivity index (χ2n) is 5.17. The summed E-state index contributed by atoms with van der Waals surface area (Å²) in [5, 5.41) is 9.18. The summed E-state index contributed by atoms with van der Waals surface area (Å²) in [6.07, 6.45) is 2.78. The zero-order valence-corrected chi connectivity index (χ0v) is 12.2. The van der Waals surface area contributed by atoms with E-state index >= 15 is 0 Å². The van der Waals surface area contributed by atoms with Crippen LogP contribution in [0.4, 0.5) is 0 Å². The van der Waals surface area contributed by atoms with Gasteiger partial charge in [-0.1, -0.05) is 13.0 Å². The molecule has 1 aliphatic carbocycles. The molecule has 0 saturated heterocycles. The lowest BCUT2D eigenvalue weighted by atomic mass is 9.83. The van der Waals surface area contributed by atoms with E-state index in [2.05, 4.69) is 13.0 Å². The molecule has 0 aromatic heterocycles. The van der Waals surface area contributed by atoms with Crippen LogP contribution in [0.1, 0.15) is 26.2 Å². The number of rotatable bonds is 3. The second kappa shape index (κ2) is 6.21. The standard InChI is InChI=1S/C15H19NO2S/c1-11-6-7-12(10-16)15(8-11)19(17)14-5-3-4-13(9-14)18-2/h3-5,9,11-12,15H,6-8H2,1-2H3. The fraction of sp³-hybridized carbons (Fsp3) is 0.533. The normalized spacial score (nSPS) is 28.4. The molecule has 4 heteroatoms. The molecule has 0 aliphatic heterocycles. The van der Waals surface area contributed by atoms with E-state index in [1.807, 2.05) is 24.3 Å². The number of nitrogens with zero attached hydrogens (tertiary/aromatic N) is 1. The first kappa shape index (κ1) is 14.1. The van der Waals surface area contributed by atoms with E-state index in [9.17, 15) is 9.47 Å². The Hall–Kier alpha value is -1.34. The summed E-state index contributed by atoms with van der Waals surface area (Å²) in [5.74, 6) is 1.16. The van der Waals surface area contributed by atoms with Crippen LogP contribution in [0.2, 0.25) is 0 Å². The number of hydrogen-bond donors (Lipinski definition) is 0. The molecule has 19 heavy (non-hydrogen) atoms. The highest BCUT2D eigenvalue weighted by Gasteiger charge is 2.33. The van der Waals surface area contributed by atoms with E-state index in [1.54, 1.807) is 7.11 Å². The lowest BCUT2D eigenvalue weighted by Crippen LogP contribution is -2.31. The molecule has 0 heterocycles. The van der Waals surface area contributed by atoms with Gasteiger partial charge in [0.2, 0.25) is 0 Å². The maximum absolute atomic E-state index is 12.7. The molecule has 1 fully saturated rings. The van der Waals surface area contributed by atoms with Gasteiger partial charge < -0.3 is 4.74 Å². The number of nitriles is 1. The van der Waals surface area contributed by atoms with E-state index in [4.69, 9.17) is 4.74 Å². The molecule has 0 bridgehead atoms. The first-order valence-electron chi connectivity index (χ1n) is 6.60. The van der Waals surface area contributed by atoms with Crippen LogP contribution in [0, 0.1) is 23.2 Å². The average Bonchev–Trinajstić information content (AvgIpc) is 2.46. The summed E-state index contributed by atoms with van der Waals surface area (Å²) in [4.78, 5) is 0.763. The van der Waals surface area contributed by atoms with Crippen LogP contribution in [0.15, 0.2) is 29.2 Å². The van der Waals surface area contributed by atoms with Gasteiger partial charge >= 0.3 is 0 Å². The van der Waals surface area contributed by atoms with E-state index < -0.39 is 10.8 Å². The number of methoxy groups -OCH3 is 1. The minimum Gasteiger partial charge on any atom is -0.497 e. The molecule has 0 spiro atoms. The van der Waals surface area contributed by atoms with Crippen LogP contribution in [-0.2, 0) is 10.8 Å². The summed E-state index contributed by atoms with van der Waals surface area (Å²) in [5.41, 5.74) is 0. The Bertz CT molecular complexity index is 509. The monoisotopic (exact) mass is 277 g/mol. The Balaban J connectivity index is 2.23. The van der Waals surface area contributed by atoms with Gasteiger partial charge in [-0.05, 0) is 43.4 Å². The van der Waals surface area contributed by atoms with E-state index in [-0.39, 0.29) is 11.2 Å². The van der Waals surface area contributed by atoms with Gasteiger partial charge in [-0.15, -0.1) is 0 Å². The first-order valence-corrected chi connectivity index (χ1v) is 7.81. The number of hydrogen-bond acceptors (Lipinski definition) is 3. The molecule has 4 unspecified atom stereocenters. The Labute approximate surface area is 117 Å². The third-order valence-electron chi connectivity index (χ3n) is 3.77. The summed E-state index contributed by atoms with van der Waals surface area (Å²) in [7, 11) is 0.465. The van der Waals surface area contributed by atoms with Gasteiger partial charge in [-0.25, -0.2) is 0 Å². The molecule has 1 aromatic rings. The van der Waals surface area contributed by atoms with Crippen molar-refractivity contribution in [3.63, 3.8) is 0 Å². The number of ether oxygens (including phenoxy) is 1. The molecule has 102 valence electrons.